The summed E-state index contributed by atoms with van der Waals surface area (Å²) in [7, 11) is -3.49. The summed E-state index contributed by atoms with van der Waals surface area (Å²) in [5.41, 5.74) is 0.484. The maximum atomic E-state index is 14.1. The highest BCUT2D eigenvalue weighted by atomic mass is 32.2. The Morgan fingerprint density at radius 1 is 1.39 bits per heavy atom. The Kier molecular flexibility index (Phi) is 4.02. The number of hydrogen-bond donors (Lipinski definition) is 1. The normalized spacial score (nSPS) is 20.9. The minimum Gasteiger partial charge on any atom is -0.314 e. The van der Waals surface area contributed by atoms with Crippen molar-refractivity contribution in [3.05, 3.63) is 29.6 Å². The summed E-state index contributed by atoms with van der Waals surface area (Å²) in [6.45, 7) is 0.956. The molecule has 1 fully saturated rings. The fraction of sp³-hybridized carbons (Fsp3) is 0.538. The van der Waals surface area contributed by atoms with Gasteiger partial charge in [-0.05, 0) is 37.4 Å². The van der Waals surface area contributed by atoms with E-state index < -0.39 is 15.7 Å². The second-order valence-corrected chi connectivity index (χ2v) is 6.84. The maximum absolute atomic E-state index is 14.1. The van der Waals surface area contributed by atoms with Gasteiger partial charge in [-0.25, -0.2) is 12.8 Å². The van der Waals surface area contributed by atoms with Crippen LogP contribution in [0, 0.1) is 5.82 Å². The Labute approximate surface area is 107 Å². The largest absolute Gasteiger partial charge is 0.314 e. The standard InChI is InChI=1S/C13H18FNO2S/c1-18(16,17)12-7-4-5-10(13(12)14)9-11-6-2-3-8-15-11/h4-5,7,11,15H,2-3,6,8-9H2,1H3. The maximum Gasteiger partial charge on any atom is 0.178 e. The monoisotopic (exact) mass is 271 g/mol. The zero-order valence-corrected chi connectivity index (χ0v) is 11.3. The summed E-state index contributed by atoms with van der Waals surface area (Å²) in [5.74, 6) is -0.590. The number of rotatable bonds is 3. The molecule has 1 N–H and O–H groups in total. The number of halogens is 1. The van der Waals surface area contributed by atoms with Gasteiger partial charge in [-0.2, -0.15) is 0 Å². The van der Waals surface area contributed by atoms with E-state index in [2.05, 4.69) is 5.32 Å². The molecule has 18 heavy (non-hydrogen) atoms. The first-order valence-electron chi connectivity index (χ1n) is 6.19. The minimum absolute atomic E-state index is 0.198. The quantitative estimate of drug-likeness (QED) is 0.913. The van der Waals surface area contributed by atoms with E-state index in [-0.39, 0.29) is 10.9 Å². The van der Waals surface area contributed by atoms with Gasteiger partial charge in [0.15, 0.2) is 9.84 Å². The second-order valence-electron chi connectivity index (χ2n) is 4.85. The van der Waals surface area contributed by atoms with E-state index in [1.54, 1.807) is 12.1 Å². The molecular weight excluding hydrogens is 253 g/mol. The fourth-order valence-corrected chi connectivity index (χ4v) is 3.15. The van der Waals surface area contributed by atoms with Gasteiger partial charge in [0.2, 0.25) is 0 Å². The van der Waals surface area contributed by atoms with Crippen molar-refractivity contribution in [1.82, 2.24) is 5.32 Å². The molecule has 0 aliphatic carbocycles. The molecule has 2 rings (SSSR count). The van der Waals surface area contributed by atoms with Gasteiger partial charge in [-0.1, -0.05) is 18.6 Å². The van der Waals surface area contributed by atoms with Gasteiger partial charge in [-0.15, -0.1) is 0 Å². The van der Waals surface area contributed by atoms with Gasteiger partial charge in [0.25, 0.3) is 0 Å². The first kappa shape index (κ1) is 13.5. The lowest BCUT2D eigenvalue weighted by Gasteiger charge is -2.23. The van der Waals surface area contributed by atoms with Crippen LogP contribution in [-0.2, 0) is 16.3 Å². The third kappa shape index (κ3) is 3.09. The van der Waals surface area contributed by atoms with Crippen molar-refractivity contribution in [3.8, 4) is 0 Å². The highest BCUT2D eigenvalue weighted by Gasteiger charge is 2.19. The van der Waals surface area contributed by atoms with Gasteiger partial charge < -0.3 is 5.32 Å². The van der Waals surface area contributed by atoms with E-state index >= 15 is 0 Å². The topological polar surface area (TPSA) is 46.2 Å². The zero-order valence-electron chi connectivity index (χ0n) is 10.4. The van der Waals surface area contributed by atoms with Crippen molar-refractivity contribution >= 4 is 9.84 Å². The van der Waals surface area contributed by atoms with Gasteiger partial charge in [0.05, 0.1) is 0 Å². The van der Waals surface area contributed by atoms with Crippen molar-refractivity contribution in [2.75, 3.05) is 12.8 Å². The van der Waals surface area contributed by atoms with Crippen LogP contribution >= 0.6 is 0 Å². The predicted octanol–water partition coefficient (Wildman–Crippen LogP) is 1.91. The van der Waals surface area contributed by atoms with E-state index in [9.17, 15) is 12.8 Å². The van der Waals surface area contributed by atoms with Crippen molar-refractivity contribution in [3.63, 3.8) is 0 Å². The van der Waals surface area contributed by atoms with E-state index in [1.807, 2.05) is 0 Å². The highest BCUT2D eigenvalue weighted by Crippen LogP contribution is 2.21. The number of sulfone groups is 1. The summed E-state index contributed by atoms with van der Waals surface area (Å²) in [4.78, 5) is -0.198. The van der Waals surface area contributed by atoms with Crippen LogP contribution in [0.4, 0.5) is 4.39 Å². The van der Waals surface area contributed by atoms with Crippen molar-refractivity contribution in [2.24, 2.45) is 0 Å². The first-order valence-corrected chi connectivity index (χ1v) is 8.08. The highest BCUT2D eigenvalue weighted by molar-refractivity contribution is 7.90. The number of nitrogens with one attached hydrogen (secondary N) is 1. The van der Waals surface area contributed by atoms with E-state index in [4.69, 9.17) is 0 Å². The lowest BCUT2D eigenvalue weighted by atomic mass is 9.97. The minimum atomic E-state index is -3.49. The van der Waals surface area contributed by atoms with Crippen LogP contribution < -0.4 is 5.32 Å². The van der Waals surface area contributed by atoms with E-state index in [1.165, 1.54) is 6.07 Å². The smallest absolute Gasteiger partial charge is 0.178 e. The fourth-order valence-electron chi connectivity index (χ4n) is 2.36. The van der Waals surface area contributed by atoms with Crippen LogP contribution in [0.15, 0.2) is 23.1 Å². The Balaban J connectivity index is 2.23. The molecule has 1 atom stereocenters. The van der Waals surface area contributed by atoms with Crippen molar-refractivity contribution in [1.29, 1.82) is 0 Å². The molecule has 1 aliphatic rings. The van der Waals surface area contributed by atoms with Crippen molar-refractivity contribution < 1.29 is 12.8 Å². The average Bonchev–Trinajstić information content (AvgIpc) is 2.32. The Bertz CT molecular complexity index is 522. The summed E-state index contributed by atoms with van der Waals surface area (Å²) in [5, 5.41) is 3.34. The molecule has 1 heterocycles. The Hall–Kier alpha value is -0.940. The molecule has 1 aromatic carbocycles. The summed E-state index contributed by atoms with van der Waals surface area (Å²) in [6.07, 6.45) is 4.90. The number of benzene rings is 1. The van der Waals surface area contributed by atoms with Crippen LogP contribution in [0.1, 0.15) is 24.8 Å². The van der Waals surface area contributed by atoms with Gasteiger partial charge in [0.1, 0.15) is 10.7 Å². The van der Waals surface area contributed by atoms with E-state index in [0.29, 0.717) is 12.0 Å². The van der Waals surface area contributed by atoms with Crippen LogP contribution in [-0.4, -0.2) is 27.3 Å². The third-order valence-electron chi connectivity index (χ3n) is 3.32. The van der Waals surface area contributed by atoms with Crippen molar-refractivity contribution in [2.45, 2.75) is 36.6 Å². The van der Waals surface area contributed by atoms with Crippen LogP contribution in [0.5, 0.6) is 0 Å². The Morgan fingerprint density at radius 2 is 2.17 bits per heavy atom. The molecule has 0 amide bonds. The third-order valence-corrected chi connectivity index (χ3v) is 4.44. The summed E-state index contributed by atoms with van der Waals surface area (Å²) in [6, 6.07) is 4.85. The van der Waals surface area contributed by atoms with E-state index in [0.717, 1.165) is 32.1 Å². The molecule has 1 aliphatic heterocycles. The molecule has 0 spiro atoms. The van der Waals surface area contributed by atoms with Crippen LogP contribution in [0.3, 0.4) is 0 Å². The molecule has 0 saturated carbocycles. The molecule has 3 nitrogen and oxygen atoms in total. The van der Waals surface area contributed by atoms with Gasteiger partial charge in [0, 0.05) is 12.3 Å². The number of hydrogen-bond acceptors (Lipinski definition) is 3. The first-order chi connectivity index (χ1) is 8.48. The summed E-state index contributed by atoms with van der Waals surface area (Å²) < 4.78 is 37.0. The molecule has 0 radical (unpaired) electrons. The molecule has 1 saturated heterocycles. The lowest BCUT2D eigenvalue weighted by molar-refractivity contribution is 0.394. The second kappa shape index (κ2) is 5.36. The molecule has 5 heteroatoms. The molecule has 0 aromatic heterocycles. The SMILES string of the molecule is CS(=O)(=O)c1cccc(CC2CCCCN2)c1F. The molecule has 100 valence electrons. The number of piperidine rings is 1. The molecule has 0 bridgehead atoms. The van der Waals surface area contributed by atoms with Crippen LogP contribution in [0.25, 0.3) is 0 Å². The van der Waals surface area contributed by atoms with Crippen LogP contribution in [0.2, 0.25) is 0 Å². The Morgan fingerprint density at radius 3 is 2.78 bits per heavy atom. The lowest BCUT2D eigenvalue weighted by Crippen LogP contribution is -2.35. The van der Waals surface area contributed by atoms with Gasteiger partial charge in [-0.3, -0.25) is 0 Å². The predicted molar refractivity (Wildman–Crippen MR) is 68.9 cm³/mol. The van der Waals surface area contributed by atoms with Gasteiger partial charge >= 0.3 is 0 Å². The zero-order chi connectivity index (χ0) is 13.2. The summed E-state index contributed by atoms with van der Waals surface area (Å²) >= 11 is 0. The molecule has 1 unspecified atom stereocenters. The average molecular weight is 271 g/mol. The molecule has 1 aromatic rings. The molecular formula is C13H18FNO2S.